The number of hydrogen-bond donors (Lipinski definition) is 0. The van der Waals surface area contributed by atoms with Gasteiger partial charge in [0.1, 0.15) is 5.82 Å². The third-order valence-corrected chi connectivity index (χ3v) is 5.84. The van der Waals surface area contributed by atoms with E-state index in [-0.39, 0.29) is 5.92 Å². The predicted molar refractivity (Wildman–Crippen MR) is 91.6 cm³/mol. The highest BCUT2D eigenvalue weighted by Gasteiger charge is 2.34. The molecule has 6 heteroatoms. The smallest absolute Gasteiger partial charge is 0.211 e. The molecular formula is C16H31N3O2S. The van der Waals surface area contributed by atoms with E-state index in [4.69, 9.17) is 0 Å². The van der Waals surface area contributed by atoms with Gasteiger partial charge in [-0.1, -0.05) is 13.3 Å². The molecule has 1 aromatic heterocycles. The Bertz CT molecular complexity index is 576. The van der Waals surface area contributed by atoms with Crippen LogP contribution in [0.5, 0.6) is 0 Å². The lowest BCUT2D eigenvalue weighted by Crippen LogP contribution is -2.45. The molecule has 0 amide bonds. The summed E-state index contributed by atoms with van der Waals surface area (Å²) < 4.78 is 27.4. The highest BCUT2D eigenvalue weighted by Crippen LogP contribution is 2.33. The molecule has 0 aromatic carbocycles. The summed E-state index contributed by atoms with van der Waals surface area (Å²) in [5, 5.41) is 0. The standard InChI is InChI=1S/C16H31N3O2S/c1-8-9-14(15-17-10-11-19(15)13(2)3)12-16(4,5)18(6)22(7,20)21/h10-11,13-14H,8-9,12H2,1-7H3. The minimum atomic E-state index is -3.21. The highest BCUT2D eigenvalue weighted by atomic mass is 32.2. The fourth-order valence-corrected chi connectivity index (χ4v) is 3.90. The summed E-state index contributed by atoms with van der Waals surface area (Å²) in [4.78, 5) is 4.56. The van der Waals surface area contributed by atoms with Gasteiger partial charge in [-0.25, -0.2) is 13.4 Å². The van der Waals surface area contributed by atoms with Crippen molar-refractivity contribution in [2.24, 2.45) is 0 Å². The van der Waals surface area contributed by atoms with E-state index in [0.29, 0.717) is 6.04 Å². The minimum absolute atomic E-state index is 0.251. The maximum atomic E-state index is 11.9. The van der Waals surface area contributed by atoms with Gasteiger partial charge in [-0.15, -0.1) is 0 Å². The summed E-state index contributed by atoms with van der Waals surface area (Å²) >= 11 is 0. The van der Waals surface area contributed by atoms with Gasteiger partial charge in [0.15, 0.2) is 0 Å². The van der Waals surface area contributed by atoms with Crippen LogP contribution in [0, 0.1) is 0 Å². The van der Waals surface area contributed by atoms with Crippen LogP contribution in [0.3, 0.4) is 0 Å². The molecule has 0 saturated heterocycles. The molecule has 1 rings (SSSR count). The van der Waals surface area contributed by atoms with E-state index >= 15 is 0 Å². The fraction of sp³-hybridized carbons (Fsp3) is 0.812. The van der Waals surface area contributed by atoms with Gasteiger partial charge in [0, 0.05) is 36.9 Å². The number of imidazole rings is 1. The van der Waals surface area contributed by atoms with Crippen LogP contribution in [0.4, 0.5) is 0 Å². The van der Waals surface area contributed by atoms with Crippen molar-refractivity contribution in [3.8, 4) is 0 Å². The first-order valence-corrected chi connectivity index (χ1v) is 9.82. The SMILES string of the molecule is CCCC(CC(C)(C)N(C)S(C)(=O)=O)c1nccn1C(C)C. The van der Waals surface area contributed by atoms with Crippen LogP contribution in [0.1, 0.15) is 71.7 Å². The Balaban J connectivity index is 3.09. The van der Waals surface area contributed by atoms with E-state index in [1.165, 1.54) is 10.6 Å². The van der Waals surface area contributed by atoms with Crippen LogP contribution >= 0.6 is 0 Å². The summed E-state index contributed by atoms with van der Waals surface area (Å²) in [6.45, 7) is 10.4. The Morgan fingerprint density at radius 3 is 2.41 bits per heavy atom. The molecule has 0 spiro atoms. The summed E-state index contributed by atoms with van der Waals surface area (Å²) in [6, 6.07) is 0.354. The van der Waals surface area contributed by atoms with Crippen molar-refractivity contribution in [1.82, 2.24) is 13.9 Å². The molecular weight excluding hydrogens is 298 g/mol. The van der Waals surface area contributed by atoms with Crippen molar-refractivity contribution in [3.63, 3.8) is 0 Å². The lowest BCUT2D eigenvalue weighted by molar-refractivity contribution is 0.225. The second-order valence-electron chi connectivity index (χ2n) is 7.02. The first-order valence-electron chi connectivity index (χ1n) is 7.97. The zero-order chi connectivity index (χ0) is 17.1. The molecule has 1 heterocycles. The quantitative estimate of drug-likeness (QED) is 0.734. The van der Waals surface area contributed by atoms with Crippen LogP contribution < -0.4 is 0 Å². The molecule has 0 bridgehead atoms. The molecule has 0 N–H and O–H groups in total. The van der Waals surface area contributed by atoms with Gasteiger partial charge in [-0.05, 0) is 40.5 Å². The largest absolute Gasteiger partial charge is 0.332 e. The van der Waals surface area contributed by atoms with Crippen molar-refractivity contribution in [2.75, 3.05) is 13.3 Å². The summed E-state index contributed by atoms with van der Waals surface area (Å²) in [5.74, 6) is 1.31. The molecule has 128 valence electrons. The lowest BCUT2D eigenvalue weighted by Gasteiger charge is -2.36. The number of nitrogens with zero attached hydrogens (tertiary/aromatic N) is 3. The third-order valence-electron chi connectivity index (χ3n) is 4.35. The zero-order valence-electron chi connectivity index (χ0n) is 15.0. The number of aromatic nitrogens is 2. The van der Waals surface area contributed by atoms with Gasteiger partial charge in [0.2, 0.25) is 10.0 Å². The van der Waals surface area contributed by atoms with E-state index in [1.54, 1.807) is 7.05 Å². The average Bonchev–Trinajstić information content (AvgIpc) is 2.85. The Labute approximate surface area is 135 Å². The number of rotatable bonds is 8. The Morgan fingerprint density at radius 1 is 1.36 bits per heavy atom. The normalized spacial score (nSPS) is 14.8. The lowest BCUT2D eigenvalue weighted by atomic mass is 9.87. The molecule has 1 aromatic rings. The zero-order valence-corrected chi connectivity index (χ0v) is 15.8. The molecule has 0 aliphatic heterocycles. The summed E-state index contributed by atoms with van der Waals surface area (Å²) in [7, 11) is -1.55. The van der Waals surface area contributed by atoms with Gasteiger partial charge in [0.05, 0.1) is 6.26 Å². The van der Waals surface area contributed by atoms with Crippen molar-refractivity contribution >= 4 is 10.0 Å². The molecule has 0 aliphatic rings. The average molecular weight is 330 g/mol. The van der Waals surface area contributed by atoms with E-state index in [1.807, 2.05) is 26.2 Å². The monoisotopic (exact) mass is 329 g/mol. The molecule has 0 fully saturated rings. The Morgan fingerprint density at radius 2 is 1.95 bits per heavy atom. The second-order valence-corrected chi connectivity index (χ2v) is 9.03. The van der Waals surface area contributed by atoms with Crippen LogP contribution in [0.25, 0.3) is 0 Å². The van der Waals surface area contributed by atoms with E-state index in [0.717, 1.165) is 25.1 Å². The third kappa shape index (κ3) is 4.56. The van der Waals surface area contributed by atoms with Gasteiger partial charge < -0.3 is 4.57 Å². The maximum absolute atomic E-state index is 11.9. The van der Waals surface area contributed by atoms with E-state index in [2.05, 4.69) is 30.3 Å². The van der Waals surface area contributed by atoms with E-state index < -0.39 is 15.6 Å². The van der Waals surface area contributed by atoms with Gasteiger partial charge in [-0.2, -0.15) is 4.31 Å². The topological polar surface area (TPSA) is 55.2 Å². The molecule has 0 saturated carbocycles. The molecule has 22 heavy (non-hydrogen) atoms. The van der Waals surface area contributed by atoms with Crippen molar-refractivity contribution in [1.29, 1.82) is 0 Å². The maximum Gasteiger partial charge on any atom is 0.211 e. The number of hydrogen-bond acceptors (Lipinski definition) is 3. The van der Waals surface area contributed by atoms with Gasteiger partial charge >= 0.3 is 0 Å². The first-order chi connectivity index (χ1) is 10.0. The summed E-state index contributed by atoms with van der Waals surface area (Å²) in [5.41, 5.74) is -0.443. The Hall–Kier alpha value is -0.880. The van der Waals surface area contributed by atoms with Gasteiger partial charge in [0.25, 0.3) is 0 Å². The van der Waals surface area contributed by atoms with E-state index in [9.17, 15) is 8.42 Å². The molecule has 1 atom stereocenters. The molecule has 5 nitrogen and oxygen atoms in total. The Kier molecular flexibility index (Phi) is 6.21. The van der Waals surface area contributed by atoms with Crippen molar-refractivity contribution in [2.45, 2.75) is 71.4 Å². The first kappa shape index (κ1) is 19.2. The van der Waals surface area contributed by atoms with Crippen LogP contribution in [-0.4, -0.2) is 41.1 Å². The second kappa shape index (κ2) is 7.13. The fourth-order valence-electron chi connectivity index (χ4n) is 2.93. The van der Waals surface area contributed by atoms with Crippen LogP contribution in [0.2, 0.25) is 0 Å². The molecule has 1 unspecified atom stereocenters. The molecule has 0 radical (unpaired) electrons. The van der Waals surface area contributed by atoms with Crippen LogP contribution in [-0.2, 0) is 10.0 Å². The predicted octanol–water partition coefficient (Wildman–Crippen LogP) is 3.41. The minimum Gasteiger partial charge on any atom is -0.332 e. The van der Waals surface area contributed by atoms with Gasteiger partial charge in [-0.3, -0.25) is 0 Å². The molecule has 0 aliphatic carbocycles. The number of sulfonamides is 1. The van der Waals surface area contributed by atoms with Crippen LogP contribution in [0.15, 0.2) is 12.4 Å². The van der Waals surface area contributed by atoms with Crippen molar-refractivity contribution < 1.29 is 8.42 Å². The van der Waals surface area contributed by atoms with Crippen molar-refractivity contribution in [3.05, 3.63) is 18.2 Å². The summed E-state index contributed by atoms with van der Waals surface area (Å²) in [6.07, 6.45) is 7.92. The highest BCUT2D eigenvalue weighted by molar-refractivity contribution is 7.88.